The zero-order valence-corrected chi connectivity index (χ0v) is 34.6. The molecule has 8 atom stereocenters. The molecule has 312 valence electrons. The molecule has 2 saturated carbocycles. The highest BCUT2D eigenvalue weighted by Gasteiger charge is 2.40. The van der Waals surface area contributed by atoms with Gasteiger partial charge in [0.05, 0.1) is 37.6 Å². The van der Waals surface area contributed by atoms with Crippen molar-refractivity contribution in [2.24, 2.45) is 23.7 Å². The molecule has 0 saturated heterocycles. The van der Waals surface area contributed by atoms with Crippen LogP contribution in [0.3, 0.4) is 0 Å². The molecule has 0 aromatic heterocycles. The summed E-state index contributed by atoms with van der Waals surface area (Å²) in [5, 5.41) is 41.2. The minimum atomic E-state index is -0.727. The normalized spacial score (nSPS) is 25.1. The number of esters is 2. The second kappa shape index (κ2) is 27.2. The first kappa shape index (κ1) is 49.6. The highest BCUT2D eigenvalue weighted by Crippen LogP contribution is 2.36. The first-order valence-electron chi connectivity index (χ1n) is 20.9. The Morgan fingerprint density at radius 3 is 1.31 bits per heavy atom. The molecule has 0 heterocycles. The first-order chi connectivity index (χ1) is 25.6. The van der Waals surface area contributed by atoms with E-state index in [1.807, 2.05) is 38.2 Å². The zero-order chi connectivity index (χ0) is 40.6. The molecule has 2 rings (SSSR count). The van der Waals surface area contributed by atoms with Crippen LogP contribution < -0.4 is 0 Å². The number of aliphatic hydroxyl groups is 4. The van der Waals surface area contributed by atoms with Crippen molar-refractivity contribution in [3.63, 3.8) is 0 Å². The van der Waals surface area contributed by atoms with Gasteiger partial charge < -0.3 is 29.9 Å². The SMILES string of the molecule is CCCCC(C)(O)C/C=C/[C@H]1[C@H](O)CC(=O)[C@@H]1CCCCCCC(=O)OC.CCCCC(C)(O)C/C=C/[C@H]1[C@H](O)CC(=O)[C@@H]1CCCCCCC(=O)OC. The van der Waals surface area contributed by atoms with Crippen molar-refractivity contribution < 1.29 is 49.1 Å². The molecule has 2 aliphatic carbocycles. The topological polar surface area (TPSA) is 168 Å². The molecule has 10 nitrogen and oxygen atoms in total. The smallest absolute Gasteiger partial charge is 0.305 e. The Kier molecular flexibility index (Phi) is 25.0. The number of methoxy groups -OCH3 is 2. The van der Waals surface area contributed by atoms with Gasteiger partial charge in [0.15, 0.2) is 0 Å². The summed E-state index contributed by atoms with van der Waals surface area (Å²) in [6, 6.07) is 0. The van der Waals surface area contributed by atoms with Crippen molar-refractivity contribution in [1.29, 1.82) is 0 Å². The first-order valence-corrected chi connectivity index (χ1v) is 20.9. The van der Waals surface area contributed by atoms with Crippen molar-refractivity contribution in [2.45, 2.75) is 192 Å². The summed E-state index contributed by atoms with van der Waals surface area (Å²) < 4.78 is 9.25. The van der Waals surface area contributed by atoms with E-state index in [-0.39, 0.29) is 60.0 Å². The van der Waals surface area contributed by atoms with E-state index in [2.05, 4.69) is 23.3 Å². The third-order valence-electron chi connectivity index (χ3n) is 11.2. The van der Waals surface area contributed by atoms with E-state index < -0.39 is 23.4 Å². The lowest BCUT2D eigenvalue weighted by Gasteiger charge is -2.22. The molecule has 0 amide bonds. The highest BCUT2D eigenvalue weighted by molar-refractivity contribution is 5.85. The number of hydrogen-bond acceptors (Lipinski definition) is 10. The van der Waals surface area contributed by atoms with Crippen LogP contribution in [0.5, 0.6) is 0 Å². The highest BCUT2D eigenvalue weighted by atomic mass is 16.5. The second-order valence-electron chi connectivity index (χ2n) is 16.4. The Bertz CT molecular complexity index is 1050. The summed E-state index contributed by atoms with van der Waals surface area (Å²) in [5.74, 6) is -0.610. The summed E-state index contributed by atoms with van der Waals surface area (Å²) in [6.07, 6.45) is 23.4. The minimum absolute atomic E-state index is 0.127. The zero-order valence-electron chi connectivity index (χ0n) is 34.6. The van der Waals surface area contributed by atoms with E-state index in [0.29, 0.717) is 25.7 Å². The van der Waals surface area contributed by atoms with Gasteiger partial charge in [-0.1, -0.05) is 102 Å². The number of rotatable bonds is 26. The summed E-state index contributed by atoms with van der Waals surface area (Å²) >= 11 is 0. The third kappa shape index (κ3) is 20.5. The van der Waals surface area contributed by atoms with Crippen LogP contribution in [-0.2, 0) is 28.7 Å². The predicted octanol–water partition coefficient (Wildman–Crippen LogP) is 7.91. The lowest BCUT2D eigenvalue weighted by Crippen LogP contribution is -2.23. The minimum Gasteiger partial charge on any atom is -0.469 e. The van der Waals surface area contributed by atoms with Crippen LogP contribution >= 0.6 is 0 Å². The van der Waals surface area contributed by atoms with E-state index >= 15 is 0 Å². The van der Waals surface area contributed by atoms with Gasteiger partial charge in [-0.15, -0.1) is 0 Å². The van der Waals surface area contributed by atoms with Crippen molar-refractivity contribution in [3.8, 4) is 0 Å². The molecule has 0 aromatic carbocycles. The summed E-state index contributed by atoms with van der Waals surface area (Å²) in [5.41, 5.74) is -1.45. The van der Waals surface area contributed by atoms with Gasteiger partial charge in [0, 0.05) is 49.4 Å². The lowest BCUT2D eigenvalue weighted by atomic mass is 9.87. The molecule has 2 unspecified atom stereocenters. The maximum Gasteiger partial charge on any atom is 0.305 e. The molecule has 54 heavy (non-hydrogen) atoms. The average molecular weight is 765 g/mol. The molecule has 0 aliphatic heterocycles. The van der Waals surface area contributed by atoms with Gasteiger partial charge in [-0.25, -0.2) is 0 Å². The van der Waals surface area contributed by atoms with E-state index in [1.165, 1.54) is 14.2 Å². The number of ether oxygens (including phenoxy) is 2. The Morgan fingerprint density at radius 1 is 0.630 bits per heavy atom. The van der Waals surface area contributed by atoms with Crippen LogP contribution in [0.25, 0.3) is 0 Å². The van der Waals surface area contributed by atoms with Gasteiger partial charge in [-0.05, 0) is 65.2 Å². The molecule has 0 spiro atoms. The van der Waals surface area contributed by atoms with Crippen molar-refractivity contribution in [2.75, 3.05) is 14.2 Å². The summed E-state index contributed by atoms with van der Waals surface area (Å²) in [4.78, 5) is 46.6. The fraction of sp³-hybridized carbons (Fsp3) is 0.818. The Balaban J connectivity index is 0.000000540. The van der Waals surface area contributed by atoms with E-state index in [0.717, 1.165) is 103 Å². The molecule has 0 radical (unpaired) electrons. The van der Waals surface area contributed by atoms with Crippen LogP contribution in [0, 0.1) is 23.7 Å². The molecule has 0 aromatic rings. The van der Waals surface area contributed by atoms with Gasteiger partial charge in [-0.2, -0.15) is 0 Å². The molecular weight excluding hydrogens is 688 g/mol. The Hall–Kier alpha value is -2.40. The van der Waals surface area contributed by atoms with Crippen LogP contribution in [-0.4, -0.2) is 81.6 Å². The number of aliphatic hydroxyl groups excluding tert-OH is 2. The quantitative estimate of drug-likeness (QED) is 0.0386. The van der Waals surface area contributed by atoms with E-state index in [1.54, 1.807) is 0 Å². The van der Waals surface area contributed by atoms with Crippen LogP contribution in [0.15, 0.2) is 24.3 Å². The van der Waals surface area contributed by atoms with Crippen LogP contribution in [0.4, 0.5) is 0 Å². The number of hydrogen-bond donors (Lipinski definition) is 4. The molecule has 2 fully saturated rings. The average Bonchev–Trinajstić information content (AvgIpc) is 3.55. The maximum atomic E-state index is 12.2. The number of carbonyl (C=O) groups is 4. The largest absolute Gasteiger partial charge is 0.469 e. The molecule has 0 bridgehead atoms. The fourth-order valence-electron chi connectivity index (χ4n) is 7.64. The lowest BCUT2D eigenvalue weighted by molar-refractivity contribution is -0.141. The van der Waals surface area contributed by atoms with Gasteiger partial charge in [0.25, 0.3) is 0 Å². The number of carbonyl (C=O) groups excluding carboxylic acids is 4. The molecule has 2 aliphatic rings. The van der Waals surface area contributed by atoms with Gasteiger partial charge in [-0.3, -0.25) is 19.2 Å². The fourth-order valence-corrected chi connectivity index (χ4v) is 7.64. The second-order valence-corrected chi connectivity index (χ2v) is 16.4. The molecular formula is C44H76O10. The number of unbranched alkanes of at least 4 members (excludes halogenated alkanes) is 8. The van der Waals surface area contributed by atoms with Crippen molar-refractivity contribution in [3.05, 3.63) is 24.3 Å². The van der Waals surface area contributed by atoms with Gasteiger partial charge in [0.2, 0.25) is 0 Å². The Morgan fingerprint density at radius 2 is 0.981 bits per heavy atom. The monoisotopic (exact) mass is 765 g/mol. The van der Waals surface area contributed by atoms with Gasteiger partial charge >= 0.3 is 11.9 Å². The predicted molar refractivity (Wildman–Crippen MR) is 212 cm³/mol. The maximum absolute atomic E-state index is 12.2. The van der Waals surface area contributed by atoms with Crippen molar-refractivity contribution in [1.82, 2.24) is 0 Å². The molecule has 4 N–H and O–H groups in total. The van der Waals surface area contributed by atoms with E-state index in [4.69, 9.17) is 0 Å². The number of ketones is 2. The van der Waals surface area contributed by atoms with Gasteiger partial charge in [0.1, 0.15) is 11.6 Å². The van der Waals surface area contributed by atoms with Crippen LogP contribution in [0.1, 0.15) is 169 Å². The summed E-state index contributed by atoms with van der Waals surface area (Å²) in [6.45, 7) is 7.89. The van der Waals surface area contributed by atoms with Crippen molar-refractivity contribution >= 4 is 23.5 Å². The number of Topliss-reactive ketones (excluding diaryl/α,β-unsaturated/α-hetero) is 2. The van der Waals surface area contributed by atoms with E-state index in [9.17, 15) is 39.6 Å². The van der Waals surface area contributed by atoms with Crippen LogP contribution in [0.2, 0.25) is 0 Å². The standard InChI is InChI=1S/2C22H38O5/c2*1-4-5-14-22(2,26)15-10-12-18-17(19(23)16-20(18)24)11-8-6-7-9-13-21(25)27-3/h2*10,12,17-18,20,24,26H,4-9,11,13-16H2,1-3H3/b2*12-10+/t2*17-,18-,20-,22?/m11/s1. The summed E-state index contributed by atoms with van der Waals surface area (Å²) in [7, 11) is 2.80. The Labute approximate surface area is 326 Å². The molecule has 10 heteroatoms. The third-order valence-corrected chi connectivity index (χ3v) is 11.2.